The Bertz CT molecular complexity index is 1500. The third-order valence-electron chi connectivity index (χ3n) is 6.41. The van der Waals surface area contributed by atoms with Crippen LogP contribution < -0.4 is 0 Å². The number of nitrogens with zero attached hydrogens (tertiary/aromatic N) is 3. The summed E-state index contributed by atoms with van der Waals surface area (Å²) in [5.74, 6) is -0.0272. The number of aryl methyl sites for hydroxylation is 2. The highest BCUT2D eigenvalue weighted by Crippen LogP contribution is 2.36. The van der Waals surface area contributed by atoms with Gasteiger partial charge in [0, 0.05) is 40.0 Å². The Hall–Kier alpha value is -3.60. The summed E-state index contributed by atoms with van der Waals surface area (Å²) in [6.07, 6.45) is 0.622. The van der Waals surface area contributed by atoms with Gasteiger partial charge in [-0.25, -0.2) is 9.78 Å². The fourth-order valence-electron chi connectivity index (χ4n) is 5.04. The van der Waals surface area contributed by atoms with Crippen LogP contribution in [0.1, 0.15) is 49.7 Å². The van der Waals surface area contributed by atoms with E-state index in [1.165, 1.54) is 21.8 Å². The molecule has 5 nitrogen and oxygen atoms in total. The van der Waals surface area contributed by atoms with Gasteiger partial charge in [-0.05, 0) is 69.2 Å². The predicted molar refractivity (Wildman–Crippen MR) is 131 cm³/mol. The molecule has 0 fully saturated rings. The molecule has 0 atom stereocenters. The largest absolute Gasteiger partial charge is 0.478 e. The molecule has 0 unspecified atom stereocenters. The van der Waals surface area contributed by atoms with Gasteiger partial charge in [0.1, 0.15) is 5.82 Å². The number of carboxylic acid groups (broad SMARTS) is 1. The summed E-state index contributed by atoms with van der Waals surface area (Å²) < 4.78 is 4.56. The molecule has 0 radical (unpaired) electrons. The molecule has 0 aliphatic rings. The Morgan fingerprint density at radius 1 is 0.969 bits per heavy atom. The second-order valence-electron chi connectivity index (χ2n) is 8.51. The molecule has 2 heterocycles. The van der Waals surface area contributed by atoms with Crippen molar-refractivity contribution in [3.63, 3.8) is 0 Å². The molecular formula is C27H27N3O2. The van der Waals surface area contributed by atoms with E-state index in [9.17, 15) is 9.90 Å². The Balaban J connectivity index is 1.83. The molecule has 0 amide bonds. The Morgan fingerprint density at radius 3 is 2.38 bits per heavy atom. The quantitative estimate of drug-likeness (QED) is 0.342. The van der Waals surface area contributed by atoms with Gasteiger partial charge in [-0.1, -0.05) is 25.1 Å². The lowest BCUT2D eigenvalue weighted by Crippen LogP contribution is -2.05. The molecular weight excluding hydrogens is 398 g/mol. The average Bonchev–Trinajstić information content (AvgIpc) is 3.33. The lowest BCUT2D eigenvalue weighted by atomic mass is 10.0. The van der Waals surface area contributed by atoms with Crippen molar-refractivity contribution in [2.24, 2.45) is 0 Å². The van der Waals surface area contributed by atoms with Crippen molar-refractivity contribution in [2.75, 3.05) is 0 Å². The number of benzene rings is 3. The van der Waals surface area contributed by atoms with E-state index >= 15 is 0 Å². The third-order valence-corrected chi connectivity index (χ3v) is 6.41. The average molecular weight is 426 g/mol. The maximum atomic E-state index is 11.8. The molecule has 162 valence electrons. The molecule has 2 aromatic heterocycles. The van der Waals surface area contributed by atoms with Gasteiger partial charge in [0.15, 0.2) is 0 Å². The van der Waals surface area contributed by atoms with Crippen LogP contribution in [0, 0.1) is 0 Å². The summed E-state index contributed by atoms with van der Waals surface area (Å²) in [6.45, 7) is 9.35. The van der Waals surface area contributed by atoms with Crippen molar-refractivity contribution in [3.05, 3.63) is 65.7 Å². The van der Waals surface area contributed by atoms with Crippen LogP contribution in [0.5, 0.6) is 0 Å². The number of aromatic nitrogens is 3. The molecule has 5 aromatic rings. The second-order valence-corrected chi connectivity index (χ2v) is 8.51. The minimum atomic E-state index is -0.904. The van der Waals surface area contributed by atoms with E-state index in [-0.39, 0.29) is 6.04 Å². The fourth-order valence-corrected chi connectivity index (χ4v) is 5.04. The first-order chi connectivity index (χ1) is 15.5. The van der Waals surface area contributed by atoms with Crippen LogP contribution in [0.25, 0.3) is 44.2 Å². The molecule has 5 rings (SSSR count). The molecule has 0 bridgehead atoms. The normalized spacial score (nSPS) is 11.9. The van der Waals surface area contributed by atoms with Crippen LogP contribution >= 0.6 is 0 Å². The molecule has 0 aliphatic carbocycles. The van der Waals surface area contributed by atoms with E-state index in [1.54, 1.807) is 6.07 Å². The van der Waals surface area contributed by atoms with Crippen LogP contribution in [0.4, 0.5) is 0 Å². The van der Waals surface area contributed by atoms with Crippen LogP contribution in [-0.4, -0.2) is 25.2 Å². The predicted octanol–water partition coefficient (Wildman–Crippen LogP) is 6.67. The van der Waals surface area contributed by atoms with Crippen molar-refractivity contribution in [3.8, 4) is 11.4 Å². The Morgan fingerprint density at radius 2 is 1.69 bits per heavy atom. The fraction of sp³-hybridized carbons (Fsp3) is 0.259. The molecule has 0 saturated carbocycles. The minimum absolute atomic E-state index is 0.183. The molecule has 3 aromatic carbocycles. The zero-order chi connectivity index (χ0) is 22.6. The molecule has 1 N–H and O–H groups in total. The first kappa shape index (κ1) is 20.3. The van der Waals surface area contributed by atoms with Gasteiger partial charge in [-0.15, -0.1) is 0 Å². The monoisotopic (exact) mass is 425 g/mol. The first-order valence-corrected chi connectivity index (χ1v) is 11.2. The number of carbonyl (C=O) groups is 1. The number of aromatic carboxylic acids is 1. The number of para-hydroxylation sites is 1. The number of hydrogen-bond donors (Lipinski definition) is 1. The second kappa shape index (κ2) is 7.52. The van der Waals surface area contributed by atoms with Gasteiger partial charge >= 0.3 is 5.97 Å². The van der Waals surface area contributed by atoms with Gasteiger partial charge in [-0.3, -0.25) is 0 Å². The lowest BCUT2D eigenvalue weighted by molar-refractivity contribution is 0.0696. The topological polar surface area (TPSA) is 60.0 Å². The van der Waals surface area contributed by atoms with Gasteiger partial charge < -0.3 is 14.2 Å². The van der Waals surface area contributed by atoms with Crippen molar-refractivity contribution in [2.45, 2.75) is 46.7 Å². The van der Waals surface area contributed by atoms with E-state index in [0.717, 1.165) is 34.5 Å². The number of rotatable bonds is 5. The van der Waals surface area contributed by atoms with E-state index in [0.29, 0.717) is 12.0 Å². The summed E-state index contributed by atoms with van der Waals surface area (Å²) in [7, 11) is 0. The summed E-state index contributed by atoms with van der Waals surface area (Å²) >= 11 is 0. The molecule has 0 aliphatic heterocycles. The maximum Gasteiger partial charge on any atom is 0.336 e. The number of fused-ring (bicyclic) bond motifs is 4. The highest BCUT2D eigenvalue weighted by atomic mass is 16.4. The highest BCUT2D eigenvalue weighted by molar-refractivity contribution is 6.09. The van der Waals surface area contributed by atoms with Gasteiger partial charge in [-0.2, -0.15) is 0 Å². The van der Waals surface area contributed by atoms with Gasteiger partial charge in [0.05, 0.1) is 16.6 Å². The smallest absolute Gasteiger partial charge is 0.336 e. The zero-order valence-electron chi connectivity index (χ0n) is 18.9. The lowest BCUT2D eigenvalue weighted by Gasteiger charge is -2.14. The van der Waals surface area contributed by atoms with E-state index in [2.05, 4.69) is 72.4 Å². The zero-order valence-corrected chi connectivity index (χ0v) is 18.9. The van der Waals surface area contributed by atoms with Crippen molar-refractivity contribution in [1.82, 2.24) is 14.1 Å². The summed E-state index contributed by atoms with van der Waals surface area (Å²) in [5.41, 5.74) is 6.38. The maximum absolute atomic E-state index is 11.8. The summed E-state index contributed by atoms with van der Waals surface area (Å²) in [4.78, 5) is 16.8. The molecule has 5 heteroatoms. The highest BCUT2D eigenvalue weighted by Gasteiger charge is 2.21. The van der Waals surface area contributed by atoms with Crippen LogP contribution in [0.15, 0.2) is 54.6 Å². The molecule has 0 saturated heterocycles. The standard InChI is InChI=1S/C27H27N3O2/c1-5-18-20(27(31)32)12-14-24-25(18)28-26(30(24)16(3)4)17-11-13-23-21(15-17)19-9-7-8-10-22(19)29(23)6-2/h7-16H,5-6H2,1-4H3,(H,31,32). The van der Waals surface area contributed by atoms with E-state index in [4.69, 9.17) is 4.98 Å². The third kappa shape index (κ3) is 2.84. The number of carboxylic acids is 1. The molecule has 32 heavy (non-hydrogen) atoms. The van der Waals surface area contributed by atoms with Gasteiger partial charge in [0.25, 0.3) is 0 Å². The Labute approximate surface area is 186 Å². The summed E-state index contributed by atoms with van der Waals surface area (Å²) in [6, 6.07) is 18.9. The first-order valence-electron chi connectivity index (χ1n) is 11.2. The van der Waals surface area contributed by atoms with Crippen LogP contribution in [0.3, 0.4) is 0 Å². The van der Waals surface area contributed by atoms with Crippen molar-refractivity contribution < 1.29 is 9.90 Å². The van der Waals surface area contributed by atoms with Crippen LogP contribution in [-0.2, 0) is 13.0 Å². The van der Waals surface area contributed by atoms with Crippen molar-refractivity contribution >= 4 is 38.8 Å². The number of hydrogen-bond acceptors (Lipinski definition) is 2. The van der Waals surface area contributed by atoms with E-state index < -0.39 is 5.97 Å². The summed E-state index contributed by atoms with van der Waals surface area (Å²) in [5, 5.41) is 12.1. The Kier molecular flexibility index (Phi) is 4.77. The minimum Gasteiger partial charge on any atom is -0.478 e. The molecule has 0 spiro atoms. The van der Waals surface area contributed by atoms with Crippen LogP contribution in [0.2, 0.25) is 0 Å². The van der Waals surface area contributed by atoms with E-state index in [1.807, 2.05) is 13.0 Å². The SMILES string of the molecule is CCc1c(C(=O)O)ccc2c1nc(-c1ccc3c(c1)c1ccccc1n3CC)n2C(C)C. The van der Waals surface area contributed by atoms with Crippen molar-refractivity contribution in [1.29, 1.82) is 0 Å². The number of imidazole rings is 1. The van der Waals surface area contributed by atoms with Gasteiger partial charge in [0.2, 0.25) is 0 Å².